The molecule has 1 aliphatic rings. The summed E-state index contributed by atoms with van der Waals surface area (Å²) in [4.78, 5) is 38.5. The van der Waals surface area contributed by atoms with Gasteiger partial charge in [0.15, 0.2) is 0 Å². The van der Waals surface area contributed by atoms with Gasteiger partial charge in [0.2, 0.25) is 0 Å². The maximum absolute atomic E-state index is 12.9. The first kappa shape index (κ1) is 17.2. The number of carbonyl (C=O) groups excluding carboxylic acids is 3. The number of benzene rings is 2. The second kappa shape index (κ2) is 6.21. The van der Waals surface area contributed by atoms with Crippen LogP contribution >= 0.6 is 11.3 Å². The average molecular weight is 379 g/mol. The molecule has 0 spiro atoms. The Hall–Kier alpha value is -3.19. The minimum atomic E-state index is -1.22. The van der Waals surface area contributed by atoms with E-state index in [-0.39, 0.29) is 0 Å². The normalized spacial score (nSPS) is 19.4. The van der Waals surface area contributed by atoms with Crippen molar-refractivity contribution in [2.45, 2.75) is 19.4 Å². The highest BCUT2D eigenvalue weighted by molar-refractivity contribution is 7.21. The van der Waals surface area contributed by atoms with E-state index in [4.69, 9.17) is 0 Å². The molecule has 1 fully saturated rings. The van der Waals surface area contributed by atoms with Crippen LogP contribution in [0.4, 0.5) is 4.79 Å². The molecule has 0 aliphatic carbocycles. The van der Waals surface area contributed by atoms with Crippen LogP contribution in [0.25, 0.3) is 10.1 Å². The number of aryl methyl sites for hydroxylation is 1. The SMILES string of the molecule is Cc1c(C(=O)NN2C(=O)NC(C)(c3ccccc3)C2=O)sc2ccccc12. The third-order valence-electron chi connectivity index (χ3n) is 4.81. The molecule has 0 bridgehead atoms. The van der Waals surface area contributed by atoms with E-state index >= 15 is 0 Å². The number of nitrogens with one attached hydrogen (secondary N) is 2. The first-order valence-corrected chi connectivity index (χ1v) is 9.25. The number of urea groups is 1. The molecule has 136 valence electrons. The van der Waals surface area contributed by atoms with Crippen LogP contribution in [0.2, 0.25) is 0 Å². The minimum Gasteiger partial charge on any atom is -0.318 e. The monoisotopic (exact) mass is 379 g/mol. The lowest BCUT2D eigenvalue weighted by Gasteiger charge is -2.22. The van der Waals surface area contributed by atoms with Crippen molar-refractivity contribution in [3.8, 4) is 0 Å². The minimum absolute atomic E-state index is 0.477. The summed E-state index contributed by atoms with van der Waals surface area (Å²) in [6.07, 6.45) is 0. The number of thiophene rings is 1. The zero-order valence-electron chi connectivity index (χ0n) is 14.8. The fraction of sp³-hybridized carbons (Fsp3) is 0.150. The smallest absolute Gasteiger partial charge is 0.318 e. The molecule has 3 aromatic rings. The molecular formula is C20H17N3O3S. The lowest BCUT2D eigenvalue weighted by atomic mass is 9.92. The molecule has 0 saturated carbocycles. The Morgan fingerprint density at radius 2 is 1.74 bits per heavy atom. The van der Waals surface area contributed by atoms with Crippen molar-refractivity contribution in [3.63, 3.8) is 0 Å². The number of imide groups is 1. The highest BCUT2D eigenvalue weighted by Gasteiger charge is 2.50. The number of hydrogen-bond acceptors (Lipinski definition) is 4. The van der Waals surface area contributed by atoms with Gasteiger partial charge in [0.25, 0.3) is 11.8 Å². The summed E-state index contributed by atoms with van der Waals surface area (Å²) in [5.41, 5.74) is 2.72. The second-order valence-electron chi connectivity index (χ2n) is 6.56. The predicted molar refractivity (Wildman–Crippen MR) is 103 cm³/mol. The Kier molecular flexibility index (Phi) is 3.96. The van der Waals surface area contributed by atoms with Gasteiger partial charge in [0.05, 0.1) is 4.88 Å². The van der Waals surface area contributed by atoms with Crippen LogP contribution in [0, 0.1) is 6.92 Å². The van der Waals surface area contributed by atoms with Gasteiger partial charge in [0, 0.05) is 4.70 Å². The van der Waals surface area contributed by atoms with E-state index in [9.17, 15) is 14.4 Å². The standard InChI is InChI=1S/C20H17N3O3S/c1-12-14-10-6-7-11-15(14)27-16(12)17(24)22-23-18(25)20(2,21-19(23)26)13-8-4-3-5-9-13/h3-11H,1-2H3,(H,21,26)(H,22,24). The summed E-state index contributed by atoms with van der Waals surface area (Å²) in [7, 11) is 0. The van der Waals surface area contributed by atoms with Crippen LogP contribution in [0.3, 0.4) is 0 Å². The van der Waals surface area contributed by atoms with E-state index in [1.165, 1.54) is 11.3 Å². The molecule has 1 saturated heterocycles. The molecule has 27 heavy (non-hydrogen) atoms. The van der Waals surface area contributed by atoms with Crippen LogP contribution in [0.5, 0.6) is 0 Å². The maximum atomic E-state index is 12.9. The van der Waals surface area contributed by atoms with E-state index in [2.05, 4.69) is 10.7 Å². The highest BCUT2D eigenvalue weighted by atomic mass is 32.1. The molecule has 1 aliphatic heterocycles. The van der Waals surface area contributed by atoms with Crippen molar-refractivity contribution in [3.05, 3.63) is 70.6 Å². The van der Waals surface area contributed by atoms with E-state index in [0.29, 0.717) is 10.4 Å². The van der Waals surface area contributed by atoms with Gasteiger partial charge >= 0.3 is 6.03 Å². The van der Waals surface area contributed by atoms with Gasteiger partial charge < -0.3 is 5.32 Å². The number of nitrogens with zero attached hydrogens (tertiary/aromatic N) is 1. The van der Waals surface area contributed by atoms with Crippen molar-refractivity contribution >= 4 is 39.3 Å². The largest absolute Gasteiger partial charge is 0.344 e. The molecule has 6 nitrogen and oxygen atoms in total. The number of carbonyl (C=O) groups is 3. The van der Waals surface area contributed by atoms with Crippen molar-refractivity contribution in [1.29, 1.82) is 0 Å². The Balaban J connectivity index is 1.62. The van der Waals surface area contributed by atoms with Gasteiger partial charge in [-0.05, 0) is 36.4 Å². The zero-order valence-corrected chi connectivity index (χ0v) is 15.6. The summed E-state index contributed by atoms with van der Waals surface area (Å²) in [6, 6.07) is 16.0. The number of fused-ring (bicyclic) bond motifs is 1. The molecule has 7 heteroatoms. The third-order valence-corrected chi connectivity index (χ3v) is 6.08. The molecule has 1 atom stereocenters. The molecule has 2 heterocycles. The predicted octanol–water partition coefficient (Wildman–Crippen LogP) is 3.32. The number of rotatable bonds is 3. The molecule has 1 unspecified atom stereocenters. The van der Waals surface area contributed by atoms with E-state index in [1.807, 2.05) is 37.3 Å². The van der Waals surface area contributed by atoms with Crippen molar-refractivity contribution in [1.82, 2.24) is 15.8 Å². The molecule has 2 aromatic carbocycles. The number of hydrazine groups is 1. The van der Waals surface area contributed by atoms with Gasteiger partial charge in [-0.3, -0.25) is 15.0 Å². The number of amides is 4. The Labute approximate surface area is 159 Å². The summed E-state index contributed by atoms with van der Waals surface area (Å²) in [5, 5.41) is 4.42. The summed E-state index contributed by atoms with van der Waals surface area (Å²) in [5.74, 6) is -1.000. The van der Waals surface area contributed by atoms with E-state index in [0.717, 1.165) is 20.7 Å². The van der Waals surface area contributed by atoms with E-state index in [1.54, 1.807) is 31.2 Å². The summed E-state index contributed by atoms with van der Waals surface area (Å²) >= 11 is 1.33. The number of hydrogen-bond donors (Lipinski definition) is 2. The van der Waals surface area contributed by atoms with Gasteiger partial charge in [-0.25, -0.2) is 4.79 Å². The average Bonchev–Trinajstić information content (AvgIpc) is 3.13. The first-order valence-electron chi connectivity index (χ1n) is 8.43. The lowest BCUT2D eigenvalue weighted by molar-refractivity contribution is -0.132. The Bertz CT molecular complexity index is 1080. The summed E-state index contributed by atoms with van der Waals surface area (Å²) in [6.45, 7) is 3.48. The lowest BCUT2D eigenvalue weighted by Crippen LogP contribution is -2.47. The van der Waals surface area contributed by atoms with Gasteiger partial charge in [-0.15, -0.1) is 11.3 Å². The van der Waals surface area contributed by atoms with Crippen LogP contribution in [-0.2, 0) is 10.3 Å². The third kappa shape index (κ3) is 2.67. The maximum Gasteiger partial charge on any atom is 0.344 e. The molecule has 0 radical (unpaired) electrons. The summed E-state index contributed by atoms with van der Waals surface area (Å²) < 4.78 is 0.978. The molecule has 4 rings (SSSR count). The quantitative estimate of drug-likeness (QED) is 0.685. The van der Waals surface area contributed by atoms with Gasteiger partial charge in [0.1, 0.15) is 5.54 Å². The fourth-order valence-corrected chi connectivity index (χ4v) is 4.35. The van der Waals surface area contributed by atoms with Crippen molar-refractivity contribution in [2.24, 2.45) is 0 Å². The zero-order chi connectivity index (χ0) is 19.2. The Morgan fingerprint density at radius 1 is 1.07 bits per heavy atom. The molecule has 2 N–H and O–H groups in total. The van der Waals surface area contributed by atoms with Crippen LogP contribution < -0.4 is 10.7 Å². The van der Waals surface area contributed by atoms with Gasteiger partial charge in [-0.1, -0.05) is 48.5 Å². The van der Waals surface area contributed by atoms with E-state index < -0.39 is 23.4 Å². The van der Waals surface area contributed by atoms with Crippen LogP contribution in [0.15, 0.2) is 54.6 Å². The van der Waals surface area contributed by atoms with Crippen LogP contribution in [0.1, 0.15) is 27.7 Å². The molecule has 4 amide bonds. The molecule has 1 aromatic heterocycles. The first-order chi connectivity index (χ1) is 12.9. The molecular weight excluding hydrogens is 362 g/mol. The van der Waals surface area contributed by atoms with Crippen molar-refractivity contribution < 1.29 is 14.4 Å². The second-order valence-corrected chi connectivity index (χ2v) is 7.61. The van der Waals surface area contributed by atoms with Crippen molar-refractivity contribution in [2.75, 3.05) is 0 Å². The van der Waals surface area contributed by atoms with Crippen LogP contribution in [-0.4, -0.2) is 22.9 Å². The topological polar surface area (TPSA) is 78.5 Å². The highest BCUT2D eigenvalue weighted by Crippen LogP contribution is 2.31. The van der Waals surface area contributed by atoms with Gasteiger partial charge in [-0.2, -0.15) is 5.01 Å². The fourth-order valence-electron chi connectivity index (χ4n) is 3.25. The Morgan fingerprint density at radius 3 is 2.44 bits per heavy atom.